The average molecular weight is 280 g/mol. The summed E-state index contributed by atoms with van der Waals surface area (Å²) in [5.74, 6) is -0.00301. The van der Waals surface area contributed by atoms with E-state index in [1.807, 2.05) is 13.8 Å². The number of anilines is 1. The Kier molecular flexibility index (Phi) is 5.00. The van der Waals surface area contributed by atoms with Gasteiger partial charge in [-0.3, -0.25) is 9.48 Å². The Hall–Kier alpha value is -1.56. The number of carbonyl (C=O) groups excluding carboxylic acids is 1. The van der Waals surface area contributed by atoms with E-state index in [0.717, 1.165) is 56.0 Å². The van der Waals surface area contributed by atoms with E-state index >= 15 is 0 Å². The molecule has 1 amide bonds. The van der Waals surface area contributed by atoms with Crippen LogP contribution >= 0.6 is 0 Å². The molecule has 6 nitrogen and oxygen atoms in total. The molecule has 0 aromatic carbocycles. The first kappa shape index (κ1) is 14.8. The summed E-state index contributed by atoms with van der Waals surface area (Å²) in [6.45, 7) is 5.73. The molecule has 0 radical (unpaired) electrons. The maximum absolute atomic E-state index is 12.1. The summed E-state index contributed by atoms with van der Waals surface area (Å²) >= 11 is 0. The quantitative estimate of drug-likeness (QED) is 0.839. The minimum Gasteiger partial charge on any atom is -0.396 e. The van der Waals surface area contributed by atoms with Gasteiger partial charge in [0.25, 0.3) is 0 Å². The molecule has 3 N–H and O–H groups in total. The number of ether oxygens (including phenoxy) is 1. The number of carbonyl (C=O) groups is 1. The number of nitrogen functional groups attached to an aromatic ring is 1. The highest BCUT2D eigenvalue weighted by Gasteiger charge is 2.18. The van der Waals surface area contributed by atoms with Crippen molar-refractivity contribution < 1.29 is 9.53 Å². The van der Waals surface area contributed by atoms with Crippen LogP contribution in [0.3, 0.4) is 0 Å². The predicted octanol–water partition coefficient (Wildman–Crippen LogP) is 0.885. The molecule has 20 heavy (non-hydrogen) atoms. The highest BCUT2D eigenvalue weighted by molar-refractivity contribution is 5.76. The van der Waals surface area contributed by atoms with Crippen molar-refractivity contribution >= 4 is 11.6 Å². The number of hydrogen-bond acceptors (Lipinski definition) is 4. The van der Waals surface area contributed by atoms with Gasteiger partial charge in [0.15, 0.2) is 0 Å². The first-order valence-corrected chi connectivity index (χ1v) is 7.36. The normalized spacial score (nSPS) is 16.3. The zero-order valence-corrected chi connectivity index (χ0v) is 12.3. The van der Waals surface area contributed by atoms with Gasteiger partial charge >= 0.3 is 0 Å². The number of nitrogens with zero attached hydrogens (tertiary/aromatic N) is 2. The molecule has 0 spiro atoms. The lowest BCUT2D eigenvalue weighted by molar-refractivity contribution is -0.123. The molecule has 2 heterocycles. The van der Waals surface area contributed by atoms with Crippen LogP contribution in [0.15, 0.2) is 0 Å². The molecule has 0 unspecified atom stereocenters. The second kappa shape index (κ2) is 6.74. The monoisotopic (exact) mass is 280 g/mol. The Morgan fingerprint density at radius 1 is 1.40 bits per heavy atom. The Morgan fingerprint density at radius 2 is 2.10 bits per heavy atom. The molecule has 1 aromatic rings. The first-order valence-electron chi connectivity index (χ1n) is 7.36. The van der Waals surface area contributed by atoms with Crippen molar-refractivity contribution in [1.29, 1.82) is 0 Å². The Balaban J connectivity index is 1.99. The van der Waals surface area contributed by atoms with Crippen LogP contribution in [0.25, 0.3) is 0 Å². The van der Waals surface area contributed by atoms with Crippen LogP contribution in [0.5, 0.6) is 0 Å². The van der Waals surface area contributed by atoms with Crippen molar-refractivity contribution in [3.8, 4) is 0 Å². The van der Waals surface area contributed by atoms with Gasteiger partial charge in [0.1, 0.15) is 6.54 Å². The maximum Gasteiger partial charge on any atom is 0.241 e. The van der Waals surface area contributed by atoms with E-state index < -0.39 is 0 Å². The zero-order valence-electron chi connectivity index (χ0n) is 12.3. The summed E-state index contributed by atoms with van der Waals surface area (Å²) in [6.07, 6.45) is 3.33. The van der Waals surface area contributed by atoms with Crippen LogP contribution in [0.4, 0.5) is 5.69 Å². The number of hydrogen-bond donors (Lipinski definition) is 2. The standard InChI is InChI=1S/C14H24N4O2/c1-3-11-14(15)12(4-2)18(17-11)9-13(19)16-10-5-7-20-8-6-10/h10H,3-9,15H2,1-2H3,(H,16,19). The third-order valence-electron chi connectivity index (χ3n) is 3.72. The van der Waals surface area contributed by atoms with Crippen molar-refractivity contribution in [2.75, 3.05) is 18.9 Å². The molecule has 1 aliphatic rings. The maximum atomic E-state index is 12.1. The van der Waals surface area contributed by atoms with E-state index in [9.17, 15) is 4.79 Å². The SMILES string of the molecule is CCc1nn(CC(=O)NC2CCOCC2)c(CC)c1N. The molecule has 1 fully saturated rings. The summed E-state index contributed by atoms with van der Waals surface area (Å²) in [5.41, 5.74) is 8.61. The summed E-state index contributed by atoms with van der Waals surface area (Å²) < 4.78 is 7.02. The lowest BCUT2D eigenvalue weighted by atomic mass is 10.1. The van der Waals surface area contributed by atoms with Crippen LogP contribution in [0, 0.1) is 0 Å². The molecular formula is C14H24N4O2. The van der Waals surface area contributed by atoms with E-state index in [-0.39, 0.29) is 18.5 Å². The fourth-order valence-corrected chi connectivity index (χ4v) is 2.58. The third kappa shape index (κ3) is 3.30. The van der Waals surface area contributed by atoms with Crippen molar-refractivity contribution in [3.05, 3.63) is 11.4 Å². The number of aromatic nitrogens is 2. The lowest BCUT2D eigenvalue weighted by Crippen LogP contribution is -2.40. The van der Waals surface area contributed by atoms with Crippen molar-refractivity contribution in [3.63, 3.8) is 0 Å². The van der Waals surface area contributed by atoms with Gasteiger partial charge in [0.05, 0.1) is 17.1 Å². The van der Waals surface area contributed by atoms with Crippen LogP contribution in [-0.2, 0) is 28.9 Å². The number of nitrogens with two attached hydrogens (primary N) is 1. The summed E-state index contributed by atoms with van der Waals surface area (Å²) in [7, 11) is 0. The zero-order chi connectivity index (χ0) is 14.5. The van der Waals surface area contributed by atoms with Crippen LogP contribution < -0.4 is 11.1 Å². The summed E-state index contributed by atoms with van der Waals surface area (Å²) in [5, 5.41) is 7.48. The van der Waals surface area contributed by atoms with Gasteiger partial charge in [0.2, 0.25) is 5.91 Å². The number of rotatable bonds is 5. The third-order valence-corrected chi connectivity index (χ3v) is 3.72. The fourth-order valence-electron chi connectivity index (χ4n) is 2.58. The highest BCUT2D eigenvalue weighted by atomic mass is 16.5. The molecule has 0 atom stereocenters. The molecule has 1 aliphatic heterocycles. The van der Waals surface area contributed by atoms with E-state index in [4.69, 9.17) is 10.5 Å². The molecule has 1 aromatic heterocycles. The largest absolute Gasteiger partial charge is 0.396 e. The second-order valence-corrected chi connectivity index (χ2v) is 5.13. The molecule has 112 valence electrons. The predicted molar refractivity (Wildman–Crippen MR) is 77.4 cm³/mol. The molecular weight excluding hydrogens is 256 g/mol. The first-order chi connectivity index (χ1) is 9.65. The summed E-state index contributed by atoms with van der Waals surface area (Å²) in [6, 6.07) is 0.222. The number of amides is 1. The molecule has 6 heteroatoms. The van der Waals surface area contributed by atoms with Crippen molar-refractivity contribution in [1.82, 2.24) is 15.1 Å². The minimum absolute atomic E-state index is 0.00301. The minimum atomic E-state index is -0.00301. The van der Waals surface area contributed by atoms with E-state index in [2.05, 4.69) is 10.4 Å². The van der Waals surface area contributed by atoms with Crippen LogP contribution in [-0.4, -0.2) is 34.9 Å². The molecule has 1 saturated heterocycles. The highest BCUT2D eigenvalue weighted by Crippen LogP contribution is 2.18. The molecule has 0 aliphatic carbocycles. The second-order valence-electron chi connectivity index (χ2n) is 5.13. The van der Waals surface area contributed by atoms with Gasteiger partial charge in [-0.15, -0.1) is 0 Å². The summed E-state index contributed by atoms with van der Waals surface area (Å²) in [4.78, 5) is 12.1. The smallest absolute Gasteiger partial charge is 0.241 e. The van der Waals surface area contributed by atoms with E-state index in [1.54, 1.807) is 4.68 Å². The van der Waals surface area contributed by atoms with Gasteiger partial charge in [-0.1, -0.05) is 13.8 Å². The van der Waals surface area contributed by atoms with Gasteiger partial charge in [-0.2, -0.15) is 5.10 Å². The average Bonchev–Trinajstić information content (AvgIpc) is 2.75. The number of aryl methyl sites for hydroxylation is 1. The molecule has 0 bridgehead atoms. The Labute approximate surface area is 119 Å². The van der Waals surface area contributed by atoms with Gasteiger partial charge in [-0.05, 0) is 25.7 Å². The van der Waals surface area contributed by atoms with Crippen molar-refractivity contribution in [2.45, 2.75) is 52.1 Å². The Morgan fingerprint density at radius 3 is 2.70 bits per heavy atom. The van der Waals surface area contributed by atoms with Crippen LogP contribution in [0.2, 0.25) is 0 Å². The molecule has 2 rings (SSSR count). The van der Waals surface area contributed by atoms with E-state index in [0.29, 0.717) is 0 Å². The number of nitrogens with one attached hydrogen (secondary N) is 1. The van der Waals surface area contributed by atoms with Gasteiger partial charge in [-0.25, -0.2) is 0 Å². The van der Waals surface area contributed by atoms with Gasteiger partial charge in [0, 0.05) is 19.3 Å². The molecule has 0 saturated carbocycles. The topological polar surface area (TPSA) is 82.2 Å². The lowest BCUT2D eigenvalue weighted by Gasteiger charge is -2.23. The van der Waals surface area contributed by atoms with Crippen LogP contribution in [0.1, 0.15) is 38.1 Å². The van der Waals surface area contributed by atoms with E-state index in [1.165, 1.54) is 0 Å². The van der Waals surface area contributed by atoms with Gasteiger partial charge < -0.3 is 15.8 Å². The Bertz CT molecular complexity index is 464. The van der Waals surface area contributed by atoms with Crippen molar-refractivity contribution in [2.24, 2.45) is 0 Å². The fraction of sp³-hybridized carbons (Fsp3) is 0.714.